The summed E-state index contributed by atoms with van der Waals surface area (Å²) >= 11 is 1.62. The van der Waals surface area contributed by atoms with E-state index in [-0.39, 0.29) is 10.8 Å². The molecule has 16 heavy (non-hydrogen) atoms. The molecule has 0 atom stereocenters. The Morgan fingerprint density at radius 2 is 1.56 bits per heavy atom. The summed E-state index contributed by atoms with van der Waals surface area (Å²) in [6.45, 7) is 12.9. The van der Waals surface area contributed by atoms with Crippen LogP contribution in [0.15, 0.2) is 0 Å². The van der Waals surface area contributed by atoms with E-state index in [4.69, 9.17) is 0 Å². The normalized spacial score (nSPS) is 13.6. The van der Waals surface area contributed by atoms with E-state index in [1.165, 1.54) is 0 Å². The minimum atomic E-state index is -0.0252. The summed E-state index contributed by atoms with van der Waals surface area (Å²) in [7, 11) is 0. The third-order valence-corrected chi connectivity index (χ3v) is 3.63. The highest BCUT2D eigenvalue weighted by molar-refractivity contribution is 7.16. The first-order chi connectivity index (χ1) is 7.19. The van der Waals surface area contributed by atoms with Gasteiger partial charge in [-0.2, -0.15) is 9.61 Å². The summed E-state index contributed by atoms with van der Waals surface area (Å²) in [5.41, 5.74) is 0.0448. The molecule has 88 valence electrons. The van der Waals surface area contributed by atoms with Crippen LogP contribution in [0.4, 0.5) is 0 Å². The Labute approximate surface area is 99.7 Å². The van der Waals surface area contributed by atoms with Crippen LogP contribution in [0.3, 0.4) is 0 Å². The maximum atomic E-state index is 4.62. The van der Waals surface area contributed by atoms with Gasteiger partial charge in [0.2, 0.25) is 4.96 Å². The molecule has 0 spiro atoms. The fourth-order valence-corrected chi connectivity index (χ4v) is 2.28. The zero-order chi connectivity index (χ0) is 12.1. The van der Waals surface area contributed by atoms with Gasteiger partial charge in [-0.3, -0.25) is 0 Å². The predicted molar refractivity (Wildman–Crippen MR) is 66.1 cm³/mol. The lowest BCUT2D eigenvalue weighted by molar-refractivity contribution is 0.516. The van der Waals surface area contributed by atoms with Crippen LogP contribution in [0.2, 0.25) is 0 Å². The maximum Gasteiger partial charge on any atom is 0.234 e. The minimum absolute atomic E-state index is 0.0252. The van der Waals surface area contributed by atoms with Crippen LogP contribution in [-0.4, -0.2) is 19.8 Å². The van der Waals surface area contributed by atoms with Crippen LogP contribution in [0.5, 0.6) is 0 Å². The highest BCUT2D eigenvalue weighted by Gasteiger charge is 2.26. The largest absolute Gasteiger partial charge is 0.234 e. The van der Waals surface area contributed by atoms with Crippen LogP contribution in [0.1, 0.15) is 52.4 Å². The molecule has 2 aromatic heterocycles. The quantitative estimate of drug-likeness (QED) is 0.709. The van der Waals surface area contributed by atoms with Gasteiger partial charge in [-0.05, 0) is 0 Å². The van der Waals surface area contributed by atoms with Gasteiger partial charge in [0.05, 0.1) is 0 Å². The van der Waals surface area contributed by atoms with Gasteiger partial charge in [0, 0.05) is 10.8 Å². The molecule has 0 unspecified atom stereocenters. The van der Waals surface area contributed by atoms with Crippen molar-refractivity contribution in [1.82, 2.24) is 19.8 Å². The van der Waals surface area contributed by atoms with Gasteiger partial charge in [0.15, 0.2) is 5.82 Å². The molecule has 2 aromatic rings. The maximum absolute atomic E-state index is 4.62. The Morgan fingerprint density at radius 1 is 0.938 bits per heavy atom. The summed E-state index contributed by atoms with van der Waals surface area (Å²) < 4.78 is 1.88. The van der Waals surface area contributed by atoms with Crippen molar-refractivity contribution < 1.29 is 0 Å². The molecule has 2 heterocycles. The molecular formula is C11H18N4S. The van der Waals surface area contributed by atoms with Crippen molar-refractivity contribution in [2.75, 3.05) is 0 Å². The number of rotatable bonds is 0. The minimum Gasteiger partial charge on any atom is -0.187 e. The van der Waals surface area contributed by atoms with Crippen molar-refractivity contribution in [3.63, 3.8) is 0 Å². The van der Waals surface area contributed by atoms with Crippen molar-refractivity contribution in [3.8, 4) is 0 Å². The molecule has 0 aliphatic heterocycles. The van der Waals surface area contributed by atoms with Gasteiger partial charge in [0.1, 0.15) is 5.01 Å². The van der Waals surface area contributed by atoms with Gasteiger partial charge in [-0.1, -0.05) is 52.9 Å². The summed E-state index contributed by atoms with van der Waals surface area (Å²) in [4.78, 5) is 0.884. The van der Waals surface area contributed by atoms with E-state index in [1.807, 2.05) is 4.52 Å². The predicted octanol–water partition coefficient (Wildman–Crippen LogP) is 2.78. The van der Waals surface area contributed by atoms with Gasteiger partial charge in [-0.25, -0.2) is 0 Å². The van der Waals surface area contributed by atoms with Crippen molar-refractivity contribution in [2.45, 2.75) is 52.4 Å². The Hall–Kier alpha value is -0.970. The second-order valence-corrected chi connectivity index (χ2v) is 7.08. The van der Waals surface area contributed by atoms with Crippen LogP contribution in [-0.2, 0) is 10.8 Å². The second-order valence-electron chi connectivity index (χ2n) is 6.13. The Bertz CT molecular complexity index is 510. The van der Waals surface area contributed by atoms with E-state index in [1.54, 1.807) is 11.3 Å². The Morgan fingerprint density at radius 3 is 2.06 bits per heavy atom. The zero-order valence-corrected chi connectivity index (χ0v) is 11.5. The van der Waals surface area contributed by atoms with Gasteiger partial charge < -0.3 is 0 Å². The SMILES string of the molecule is CC(C)(C)c1nn2c(C(C)(C)C)nnc2s1. The molecule has 0 fully saturated rings. The van der Waals surface area contributed by atoms with E-state index >= 15 is 0 Å². The molecule has 0 saturated carbocycles. The monoisotopic (exact) mass is 238 g/mol. The molecule has 0 aromatic carbocycles. The molecule has 0 aliphatic carbocycles. The van der Waals surface area contributed by atoms with Crippen LogP contribution >= 0.6 is 11.3 Å². The fraction of sp³-hybridized carbons (Fsp3) is 0.727. The number of hydrogen-bond donors (Lipinski definition) is 0. The molecule has 5 heteroatoms. The lowest BCUT2D eigenvalue weighted by Gasteiger charge is -2.15. The highest BCUT2D eigenvalue weighted by Crippen LogP contribution is 2.29. The van der Waals surface area contributed by atoms with E-state index in [0.29, 0.717) is 0 Å². The summed E-state index contributed by atoms with van der Waals surface area (Å²) in [5, 5.41) is 14.1. The lowest BCUT2D eigenvalue weighted by Crippen LogP contribution is -2.17. The lowest BCUT2D eigenvalue weighted by atomic mass is 9.96. The third kappa shape index (κ3) is 1.84. The van der Waals surface area contributed by atoms with Gasteiger partial charge in [-0.15, -0.1) is 10.2 Å². The summed E-state index contributed by atoms with van der Waals surface area (Å²) in [6.07, 6.45) is 0. The average Bonchev–Trinajstić information content (AvgIpc) is 2.53. The molecule has 0 amide bonds. The van der Waals surface area contributed by atoms with Gasteiger partial charge >= 0.3 is 0 Å². The van der Waals surface area contributed by atoms with Crippen LogP contribution in [0, 0.1) is 0 Å². The van der Waals surface area contributed by atoms with Crippen molar-refractivity contribution >= 4 is 16.3 Å². The molecule has 0 saturated heterocycles. The number of nitrogens with zero attached hydrogens (tertiary/aromatic N) is 4. The van der Waals surface area contributed by atoms with Crippen LogP contribution in [0.25, 0.3) is 4.96 Å². The first kappa shape index (κ1) is 11.5. The summed E-state index contributed by atoms with van der Waals surface area (Å²) in [6, 6.07) is 0. The van der Waals surface area contributed by atoms with Crippen LogP contribution < -0.4 is 0 Å². The van der Waals surface area contributed by atoms with Crippen molar-refractivity contribution in [1.29, 1.82) is 0 Å². The fourth-order valence-electron chi connectivity index (χ4n) is 1.39. The molecule has 0 aliphatic rings. The smallest absolute Gasteiger partial charge is 0.187 e. The third-order valence-electron chi connectivity index (χ3n) is 2.30. The highest BCUT2D eigenvalue weighted by atomic mass is 32.1. The standard InChI is InChI=1S/C11H18N4S/c1-10(2,3)7-12-13-9-15(7)14-8(16-9)11(4,5)6/h1-6H3. The first-order valence-corrected chi connectivity index (χ1v) is 6.24. The molecule has 0 radical (unpaired) electrons. The number of fused-ring (bicyclic) bond motifs is 1. The number of hydrogen-bond acceptors (Lipinski definition) is 4. The molecule has 0 bridgehead atoms. The molecular weight excluding hydrogens is 220 g/mol. The summed E-state index contributed by atoms with van der Waals surface area (Å²) in [5.74, 6) is 0.925. The number of aromatic nitrogens is 4. The first-order valence-electron chi connectivity index (χ1n) is 5.43. The Balaban J connectivity index is 2.61. The topological polar surface area (TPSA) is 43.1 Å². The Kier molecular flexibility index (Phi) is 2.35. The van der Waals surface area contributed by atoms with E-state index < -0.39 is 0 Å². The zero-order valence-electron chi connectivity index (χ0n) is 10.7. The van der Waals surface area contributed by atoms with E-state index in [2.05, 4.69) is 56.8 Å². The average molecular weight is 238 g/mol. The van der Waals surface area contributed by atoms with E-state index in [0.717, 1.165) is 15.8 Å². The molecule has 4 nitrogen and oxygen atoms in total. The van der Waals surface area contributed by atoms with Crippen molar-refractivity contribution in [3.05, 3.63) is 10.8 Å². The molecule has 2 rings (SSSR count). The van der Waals surface area contributed by atoms with Gasteiger partial charge in [0.25, 0.3) is 0 Å². The van der Waals surface area contributed by atoms with Crippen molar-refractivity contribution in [2.24, 2.45) is 0 Å². The van der Waals surface area contributed by atoms with E-state index in [9.17, 15) is 0 Å². The molecule has 0 N–H and O–H groups in total. The second kappa shape index (κ2) is 3.26.